The summed E-state index contributed by atoms with van der Waals surface area (Å²) in [6.07, 6.45) is 1.04. The fourth-order valence-electron chi connectivity index (χ4n) is 2.26. The monoisotopic (exact) mass is 378 g/mol. The molecule has 25 heavy (non-hydrogen) atoms. The van der Waals surface area contributed by atoms with Crippen LogP contribution >= 0.6 is 23.1 Å². The smallest absolute Gasteiger partial charge is 0.237 e. The number of anilines is 2. The molecule has 0 unspecified atom stereocenters. The van der Waals surface area contributed by atoms with E-state index in [4.69, 9.17) is 0 Å². The molecule has 5 nitrogen and oxygen atoms in total. The summed E-state index contributed by atoms with van der Waals surface area (Å²) < 4.78 is 0.793. The van der Waals surface area contributed by atoms with Crippen LogP contribution in [-0.2, 0) is 4.79 Å². The molecule has 0 saturated heterocycles. The lowest BCUT2D eigenvalue weighted by Gasteiger charge is -2.17. The van der Waals surface area contributed by atoms with Gasteiger partial charge in [-0.1, -0.05) is 55.1 Å². The van der Waals surface area contributed by atoms with Crippen LogP contribution in [0.15, 0.2) is 28.6 Å². The van der Waals surface area contributed by atoms with Gasteiger partial charge in [0.15, 0.2) is 4.34 Å². The number of hydrogen-bond donors (Lipinski definition) is 2. The van der Waals surface area contributed by atoms with Gasteiger partial charge in [0.2, 0.25) is 11.0 Å². The van der Waals surface area contributed by atoms with Crippen molar-refractivity contribution < 1.29 is 4.79 Å². The standard InChI is InChI=1S/C18H26N4OS2/c1-6-12(4)14-9-7-8-10-15(14)20-16(23)13(5)24-18-22-21-17(25-18)19-11(2)3/h7-13H,6H2,1-5H3,(H,19,21)(H,20,23)/t12-,13-/m0/s1. The number of amides is 1. The van der Waals surface area contributed by atoms with Crippen LogP contribution in [0.4, 0.5) is 10.8 Å². The molecule has 0 fully saturated rings. The minimum absolute atomic E-state index is 0.0191. The molecule has 0 radical (unpaired) electrons. The predicted molar refractivity (Wildman–Crippen MR) is 108 cm³/mol. The van der Waals surface area contributed by atoms with Crippen LogP contribution in [0, 0.1) is 0 Å². The van der Waals surface area contributed by atoms with E-state index >= 15 is 0 Å². The molecule has 2 N–H and O–H groups in total. The number of carbonyl (C=O) groups is 1. The summed E-state index contributed by atoms with van der Waals surface area (Å²) in [7, 11) is 0. The maximum atomic E-state index is 12.6. The Balaban J connectivity index is 2.00. The van der Waals surface area contributed by atoms with Crippen molar-refractivity contribution in [2.75, 3.05) is 10.6 Å². The first-order valence-electron chi connectivity index (χ1n) is 8.57. The molecular weight excluding hydrogens is 352 g/mol. The first-order valence-corrected chi connectivity index (χ1v) is 10.3. The summed E-state index contributed by atoms with van der Waals surface area (Å²) >= 11 is 2.91. The van der Waals surface area contributed by atoms with E-state index in [0.717, 1.165) is 21.6 Å². The number of hydrogen-bond acceptors (Lipinski definition) is 6. The van der Waals surface area contributed by atoms with Crippen LogP contribution in [0.3, 0.4) is 0 Å². The highest BCUT2D eigenvalue weighted by atomic mass is 32.2. The molecule has 1 amide bonds. The van der Waals surface area contributed by atoms with Gasteiger partial charge in [-0.25, -0.2) is 0 Å². The van der Waals surface area contributed by atoms with Gasteiger partial charge in [0.05, 0.1) is 5.25 Å². The van der Waals surface area contributed by atoms with Gasteiger partial charge in [0.25, 0.3) is 0 Å². The number of nitrogens with one attached hydrogen (secondary N) is 2. The summed E-state index contributed by atoms with van der Waals surface area (Å²) in [6, 6.07) is 8.32. The molecule has 2 aromatic rings. The van der Waals surface area contributed by atoms with E-state index in [0.29, 0.717) is 12.0 Å². The van der Waals surface area contributed by atoms with Gasteiger partial charge >= 0.3 is 0 Å². The SMILES string of the molecule is CC[C@H](C)c1ccccc1NC(=O)[C@H](C)Sc1nnc(NC(C)C)s1. The van der Waals surface area contributed by atoms with Crippen molar-refractivity contribution in [2.24, 2.45) is 0 Å². The number of nitrogens with zero attached hydrogens (tertiary/aromatic N) is 2. The number of benzene rings is 1. The van der Waals surface area contributed by atoms with E-state index in [2.05, 4.69) is 54.6 Å². The Hall–Kier alpha value is -1.60. The van der Waals surface area contributed by atoms with Gasteiger partial charge in [-0.3, -0.25) is 4.79 Å². The number of aromatic nitrogens is 2. The molecule has 2 rings (SSSR count). The van der Waals surface area contributed by atoms with Gasteiger partial charge in [-0.15, -0.1) is 10.2 Å². The lowest BCUT2D eigenvalue weighted by molar-refractivity contribution is -0.115. The minimum Gasteiger partial charge on any atom is -0.358 e. The predicted octanol–water partition coefficient (Wildman–Crippen LogP) is 4.99. The third-order valence-corrected chi connectivity index (χ3v) is 5.87. The third kappa shape index (κ3) is 5.71. The Bertz CT molecular complexity index is 702. The maximum Gasteiger partial charge on any atom is 0.237 e. The lowest BCUT2D eigenvalue weighted by Crippen LogP contribution is -2.23. The van der Waals surface area contributed by atoms with E-state index in [9.17, 15) is 4.79 Å². The molecule has 0 aliphatic carbocycles. The average Bonchev–Trinajstić information content (AvgIpc) is 3.00. The first-order chi connectivity index (χ1) is 11.9. The topological polar surface area (TPSA) is 66.9 Å². The van der Waals surface area contributed by atoms with E-state index in [1.165, 1.54) is 28.7 Å². The molecule has 7 heteroatoms. The average molecular weight is 379 g/mol. The summed E-state index contributed by atoms with van der Waals surface area (Å²) in [5, 5.41) is 15.1. The largest absolute Gasteiger partial charge is 0.358 e. The van der Waals surface area contributed by atoms with Gasteiger partial charge in [-0.05, 0) is 44.7 Å². The molecular formula is C18H26N4OS2. The number of carbonyl (C=O) groups excluding carboxylic acids is 1. The van der Waals surface area contributed by atoms with Crippen LogP contribution in [-0.4, -0.2) is 27.4 Å². The van der Waals surface area contributed by atoms with Crippen LogP contribution in [0.1, 0.15) is 52.5 Å². The Morgan fingerprint density at radius 3 is 2.60 bits per heavy atom. The van der Waals surface area contributed by atoms with Crippen molar-refractivity contribution in [3.05, 3.63) is 29.8 Å². The molecule has 0 saturated carbocycles. The first kappa shape index (κ1) is 19.7. The number of rotatable bonds is 8. The molecule has 0 bridgehead atoms. The molecule has 0 aliphatic heterocycles. The highest BCUT2D eigenvalue weighted by Crippen LogP contribution is 2.31. The lowest BCUT2D eigenvalue weighted by atomic mass is 9.97. The third-order valence-electron chi connectivity index (χ3n) is 3.83. The highest BCUT2D eigenvalue weighted by molar-refractivity contribution is 8.02. The van der Waals surface area contributed by atoms with E-state index in [-0.39, 0.29) is 11.2 Å². The Morgan fingerprint density at radius 1 is 1.20 bits per heavy atom. The Labute approximate surface area is 158 Å². The molecule has 2 atom stereocenters. The molecule has 1 heterocycles. The summed E-state index contributed by atoms with van der Waals surface area (Å²) in [5.74, 6) is 0.390. The van der Waals surface area contributed by atoms with Crippen LogP contribution in [0.25, 0.3) is 0 Å². The Kier molecular flexibility index (Phi) is 7.25. The van der Waals surface area contributed by atoms with Crippen molar-refractivity contribution in [1.29, 1.82) is 0 Å². The summed E-state index contributed by atoms with van der Waals surface area (Å²) in [4.78, 5) is 12.6. The zero-order valence-corrected chi connectivity index (χ0v) is 17.0. The van der Waals surface area contributed by atoms with Gasteiger partial charge in [0.1, 0.15) is 0 Å². The Morgan fingerprint density at radius 2 is 1.92 bits per heavy atom. The second-order valence-electron chi connectivity index (χ2n) is 6.32. The second-order valence-corrected chi connectivity index (χ2v) is 8.88. The van der Waals surface area contributed by atoms with Crippen molar-refractivity contribution in [3.63, 3.8) is 0 Å². The maximum absolute atomic E-state index is 12.6. The molecule has 1 aromatic heterocycles. The quantitative estimate of drug-likeness (QED) is 0.633. The zero-order valence-electron chi connectivity index (χ0n) is 15.4. The van der Waals surface area contributed by atoms with Crippen molar-refractivity contribution >= 4 is 39.8 Å². The number of para-hydroxylation sites is 1. The van der Waals surface area contributed by atoms with Crippen LogP contribution < -0.4 is 10.6 Å². The van der Waals surface area contributed by atoms with Crippen molar-refractivity contribution in [3.8, 4) is 0 Å². The van der Waals surface area contributed by atoms with Gasteiger partial charge in [0, 0.05) is 11.7 Å². The molecule has 0 aliphatic rings. The normalized spacial score (nSPS) is 13.5. The van der Waals surface area contributed by atoms with E-state index in [1.807, 2.05) is 25.1 Å². The van der Waals surface area contributed by atoms with Crippen molar-refractivity contribution in [2.45, 2.75) is 62.6 Å². The van der Waals surface area contributed by atoms with Gasteiger partial charge in [-0.2, -0.15) is 0 Å². The summed E-state index contributed by atoms with van der Waals surface area (Å²) in [6.45, 7) is 10.3. The number of thioether (sulfide) groups is 1. The summed E-state index contributed by atoms with van der Waals surface area (Å²) in [5.41, 5.74) is 2.07. The van der Waals surface area contributed by atoms with E-state index in [1.54, 1.807) is 0 Å². The molecule has 1 aromatic carbocycles. The zero-order chi connectivity index (χ0) is 18.4. The second kappa shape index (κ2) is 9.20. The van der Waals surface area contributed by atoms with Crippen molar-refractivity contribution in [1.82, 2.24) is 10.2 Å². The fraction of sp³-hybridized carbons (Fsp3) is 0.500. The van der Waals surface area contributed by atoms with Crippen LogP contribution in [0.2, 0.25) is 0 Å². The molecule has 0 spiro atoms. The van der Waals surface area contributed by atoms with Crippen LogP contribution in [0.5, 0.6) is 0 Å². The molecule has 136 valence electrons. The fourth-order valence-corrected chi connectivity index (χ4v) is 4.30. The van der Waals surface area contributed by atoms with E-state index < -0.39 is 0 Å². The highest BCUT2D eigenvalue weighted by Gasteiger charge is 2.19. The minimum atomic E-state index is -0.246. The van der Waals surface area contributed by atoms with Gasteiger partial charge < -0.3 is 10.6 Å².